The fourth-order valence-electron chi connectivity index (χ4n) is 4.81. The second kappa shape index (κ2) is 8.50. The second-order valence-corrected chi connectivity index (χ2v) is 8.44. The van der Waals surface area contributed by atoms with Crippen molar-refractivity contribution in [2.24, 2.45) is 15.9 Å². The highest BCUT2D eigenvalue weighted by Crippen LogP contribution is 2.52. The van der Waals surface area contributed by atoms with Gasteiger partial charge < -0.3 is 14.9 Å². The molecule has 3 aromatic carbocycles. The van der Waals surface area contributed by atoms with Crippen LogP contribution in [0.25, 0.3) is 0 Å². The summed E-state index contributed by atoms with van der Waals surface area (Å²) in [6.07, 6.45) is 7.33. The molecular formula is C27H26N2O3. The molecule has 0 bridgehead atoms. The molecule has 3 aromatic rings. The van der Waals surface area contributed by atoms with Gasteiger partial charge in [0.25, 0.3) is 0 Å². The number of hydrogen-bond acceptors (Lipinski definition) is 5. The van der Waals surface area contributed by atoms with E-state index in [0.717, 1.165) is 37.0 Å². The number of aromatic hydroxyl groups is 2. The van der Waals surface area contributed by atoms with Crippen LogP contribution in [0.4, 0.5) is 0 Å². The van der Waals surface area contributed by atoms with Gasteiger partial charge in [-0.1, -0.05) is 48.9 Å². The van der Waals surface area contributed by atoms with Gasteiger partial charge in [0, 0.05) is 41.5 Å². The normalized spacial score (nSPS) is 24.8. The molecule has 0 unspecified atom stereocenters. The first-order chi connectivity index (χ1) is 15.7. The zero-order valence-electron chi connectivity index (χ0n) is 17.8. The molecule has 2 aliphatic rings. The van der Waals surface area contributed by atoms with E-state index in [2.05, 4.69) is 6.07 Å². The lowest BCUT2D eigenvalue weighted by molar-refractivity contribution is -0.0426. The first-order valence-corrected chi connectivity index (χ1v) is 11.1. The Hall–Kier alpha value is -3.60. The molecule has 32 heavy (non-hydrogen) atoms. The average Bonchev–Trinajstić information content (AvgIpc) is 2.82. The number of phenolic OH excluding ortho intramolecular Hbond substituents is 2. The molecule has 1 saturated carbocycles. The van der Waals surface area contributed by atoms with Crippen LogP contribution in [-0.2, 0) is 0 Å². The monoisotopic (exact) mass is 426 g/mol. The van der Waals surface area contributed by atoms with E-state index in [4.69, 9.17) is 14.7 Å². The topological polar surface area (TPSA) is 74.4 Å². The molecule has 5 heteroatoms. The van der Waals surface area contributed by atoms with Gasteiger partial charge in [-0.2, -0.15) is 0 Å². The lowest BCUT2D eigenvalue weighted by Gasteiger charge is -2.47. The first-order valence-electron chi connectivity index (χ1n) is 11.1. The molecule has 0 spiro atoms. The maximum atomic E-state index is 10.2. The van der Waals surface area contributed by atoms with Crippen LogP contribution in [0.15, 0.2) is 82.8 Å². The Morgan fingerprint density at radius 2 is 1.47 bits per heavy atom. The lowest BCUT2D eigenvalue weighted by atomic mass is 9.73. The zero-order valence-corrected chi connectivity index (χ0v) is 17.8. The van der Waals surface area contributed by atoms with Gasteiger partial charge in [-0.25, -0.2) is 4.99 Å². The predicted octanol–water partition coefficient (Wildman–Crippen LogP) is 5.66. The van der Waals surface area contributed by atoms with E-state index in [1.54, 1.807) is 36.7 Å². The molecule has 1 aliphatic heterocycles. The Morgan fingerprint density at radius 3 is 2.22 bits per heavy atom. The van der Waals surface area contributed by atoms with Gasteiger partial charge in [-0.15, -0.1) is 0 Å². The number of hydrogen-bond donors (Lipinski definition) is 2. The maximum absolute atomic E-state index is 10.2. The van der Waals surface area contributed by atoms with E-state index in [-0.39, 0.29) is 23.5 Å². The van der Waals surface area contributed by atoms with Gasteiger partial charge in [0.15, 0.2) is 0 Å². The zero-order chi connectivity index (χ0) is 22.0. The van der Waals surface area contributed by atoms with Crippen LogP contribution in [0, 0.1) is 5.92 Å². The molecule has 0 aromatic heterocycles. The van der Waals surface area contributed by atoms with Gasteiger partial charge in [0.2, 0.25) is 5.72 Å². The molecule has 3 atom stereocenters. The minimum Gasteiger partial charge on any atom is -0.507 e. The molecule has 1 aliphatic carbocycles. The summed E-state index contributed by atoms with van der Waals surface area (Å²) in [4.78, 5) is 9.93. The highest BCUT2D eigenvalue weighted by Gasteiger charge is 2.51. The van der Waals surface area contributed by atoms with E-state index >= 15 is 0 Å². The van der Waals surface area contributed by atoms with Gasteiger partial charge in [-0.3, -0.25) is 4.99 Å². The molecule has 2 N–H and O–H groups in total. The van der Waals surface area contributed by atoms with Crippen LogP contribution in [-0.4, -0.2) is 28.4 Å². The molecule has 0 radical (unpaired) electrons. The van der Waals surface area contributed by atoms with Gasteiger partial charge in [0.1, 0.15) is 17.2 Å². The molecule has 5 nitrogen and oxygen atoms in total. The summed E-state index contributed by atoms with van der Waals surface area (Å²) in [6.45, 7) is 0. The maximum Gasteiger partial charge on any atom is 0.205 e. The molecule has 162 valence electrons. The Balaban J connectivity index is 1.57. The number of nitrogens with zero attached hydrogens (tertiary/aromatic N) is 2. The largest absolute Gasteiger partial charge is 0.507 e. The molecule has 1 heterocycles. The van der Waals surface area contributed by atoms with Gasteiger partial charge >= 0.3 is 0 Å². The fourth-order valence-corrected chi connectivity index (χ4v) is 4.81. The third-order valence-electron chi connectivity index (χ3n) is 6.45. The van der Waals surface area contributed by atoms with E-state index in [0.29, 0.717) is 11.1 Å². The highest BCUT2D eigenvalue weighted by molar-refractivity contribution is 5.84. The van der Waals surface area contributed by atoms with Gasteiger partial charge in [-0.05, 0) is 43.2 Å². The average molecular weight is 427 g/mol. The number of rotatable bonds is 4. The summed E-state index contributed by atoms with van der Waals surface area (Å²) >= 11 is 0. The predicted molar refractivity (Wildman–Crippen MR) is 126 cm³/mol. The third-order valence-corrected chi connectivity index (χ3v) is 6.45. The summed E-state index contributed by atoms with van der Waals surface area (Å²) in [5, 5.41) is 20.4. The number of aliphatic imine (C=N–C) groups is 2. The first kappa shape index (κ1) is 20.3. The SMILES string of the molecule is Oc1ccccc1C=N[C@H]1c2ccccc2O[C@@]2(N=Cc3ccccc3O)CCCC[C@@H]12. The van der Waals surface area contributed by atoms with Crippen molar-refractivity contribution in [2.45, 2.75) is 37.5 Å². The number of ether oxygens (including phenoxy) is 1. The third kappa shape index (κ3) is 3.75. The fraction of sp³-hybridized carbons (Fsp3) is 0.259. The summed E-state index contributed by atoms with van der Waals surface area (Å²) < 4.78 is 6.59. The number of phenols is 2. The quantitative estimate of drug-likeness (QED) is 0.529. The van der Waals surface area contributed by atoms with Crippen molar-refractivity contribution in [3.8, 4) is 17.2 Å². The van der Waals surface area contributed by atoms with E-state index in [1.807, 2.05) is 42.5 Å². The second-order valence-electron chi connectivity index (χ2n) is 8.44. The summed E-state index contributed by atoms with van der Waals surface area (Å²) in [5.41, 5.74) is 1.66. The summed E-state index contributed by atoms with van der Waals surface area (Å²) in [7, 11) is 0. The van der Waals surface area contributed by atoms with Crippen LogP contribution in [0.5, 0.6) is 17.2 Å². The number of fused-ring (bicyclic) bond motifs is 2. The molecule has 0 saturated heterocycles. The van der Waals surface area contributed by atoms with E-state index < -0.39 is 5.72 Å². The van der Waals surface area contributed by atoms with Crippen molar-refractivity contribution in [1.82, 2.24) is 0 Å². The van der Waals surface area contributed by atoms with Crippen molar-refractivity contribution in [3.63, 3.8) is 0 Å². The van der Waals surface area contributed by atoms with Crippen LogP contribution in [0.2, 0.25) is 0 Å². The van der Waals surface area contributed by atoms with Crippen molar-refractivity contribution in [3.05, 3.63) is 89.5 Å². The number of benzene rings is 3. The van der Waals surface area contributed by atoms with Gasteiger partial charge in [0.05, 0.1) is 6.04 Å². The smallest absolute Gasteiger partial charge is 0.205 e. The standard InChI is InChI=1S/C27H26N2O3/c30-23-13-4-1-9-19(23)17-28-26-21-11-3-6-15-25(21)32-27(16-8-7-12-22(26)27)29-18-20-10-2-5-14-24(20)31/h1-6,9-11,13-15,17-18,22,26,30-31H,7-8,12,16H2/t22-,26-,27-/m0/s1. The minimum absolute atomic E-state index is 0.0513. The van der Waals surface area contributed by atoms with Crippen molar-refractivity contribution < 1.29 is 14.9 Å². The summed E-state index contributed by atoms with van der Waals surface area (Å²) in [6, 6.07) is 22.3. The van der Waals surface area contributed by atoms with Crippen molar-refractivity contribution >= 4 is 12.4 Å². The highest BCUT2D eigenvalue weighted by atomic mass is 16.5. The van der Waals surface area contributed by atoms with Crippen molar-refractivity contribution in [1.29, 1.82) is 0 Å². The Labute approximate surface area is 187 Å². The van der Waals surface area contributed by atoms with E-state index in [9.17, 15) is 10.2 Å². The van der Waals surface area contributed by atoms with Crippen LogP contribution in [0.3, 0.4) is 0 Å². The van der Waals surface area contributed by atoms with Crippen molar-refractivity contribution in [2.75, 3.05) is 0 Å². The molecule has 0 amide bonds. The Bertz CT molecular complexity index is 1170. The number of para-hydroxylation sites is 3. The lowest BCUT2D eigenvalue weighted by Crippen LogP contribution is -2.49. The Kier molecular flexibility index (Phi) is 5.39. The van der Waals surface area contributed by atoms with Crippen LogP contribution >= 0.6 is 0 Å². The molecular weight excluding hydrogens is 400 g/mol. The Morgan fingerprint density at radius 1 is 0.812 bits per heavy atom. The minimum atomic E-state index is -0.740. The molecule has 5 rings (SSSR count). The van der Waals surface area contributed by atoms with Crippen LogP contribution in [0.1, 0.15) is 48.4 Å². The van der Waals surface area contributed by atoms with E-state index in [1.165, 1.54) is 0 Å². The molecule has 1 fully saturated rings. The summed E-state index contributed by atoms with van der Waals surface area (Å²) in [5.74, 6) is 1.25. The van der Waals surface area contributed by atoms with Crippen LogP contribution < -0.4 is 4.74 Å².